The summed E-state index contributed by atoms with van der Waals surface area (Å²) in [6, 6.07) is 1.61. The lowest BCUT2D eigenvalue weighted by atomic mass is 9.81. The summed E-state index contributed by atoms with van der Waals surface area (Å²) in [6.07, 6.45) is 9.91. The van der Waals surface area contributed by atoms with Gasteiger partial charge < -0.3 is 10.2 Å². The van der Waals surface area contributed by atoms with E-state index in [9.17, 15) is 0 Å². The van der Waals surface area contributed by atoms with Crippen LogP contribution in [-0.4, -0.2) is 36.6 Å². The van der Waals surface area contributed by atoms with Crippen LogP contribution >= 0.6 is 0 Å². The maximum atomic E-state index is 3.61. The summed E-state index contributed by atoms with van der Waals surface area (Å²) in [4.78, 5) is 2.82. The van der Waals surface area contributed by atoms with Gasteiger partial charge in [-0.05, 0) is 58.2 Å². The van der Waals surface area contributed by atoms with Crippen molar-refractivity contribution in [3.8, 4) is 0 Å². The number of nitrogens with zero attached hydrogens (tertiary/aromatic N) is 1. The number of rotatable bonds is 2. The van der Waals surface area contributed by atoms with E-state index in [4.69, 9.17) is 0 Å². The molecular formula is C15H30N2. The summed E-state index contributed by atoms with van der Waals surface area (Å²) in [5.41, 5.74) is 0. The topological polar surface area (TPSA) is 15.3 Å². The van der Waals surface area contributed by atoms with Crippen molar-refractivity contribution < 1.29 is 0 Å². The van der Waals surface area contributed by atoms with Gasteiger partial charge in [-0.1, -0.05) is 26.2 Å². The van der Waals surface area contributed by atoms with Crippen molar-refractivity contribution >= 4 is 0 Å². The van der Waals surface area contributed by atoms with Crippen molar-refractivity contribution in [2.24, 2.45) is 5.92 Å². The summed E-state index contributed by atoms with van der Waals surface area (Å²) in [5.74, 6) is 0.978. The molecule has 0 radical (unpaired) electrons. The van der Waals surface area contributed by atoms with Crippen LogP contribution in [0.1, 0.15) is 58.8 Å². The molecule has 2 rings (SSSR count). The molecule has 0 aromatic heterocycles. The van der Waals surface area contributed by atoms with Crippen molar-refractivity contribution in [2.75, 3.05) is 19.6 Å². The van der Waals surface area contributed by atoms with Crippen molar-refractivity contribution in [1.29, 1.82) is 0 Å². The van der Waals surface area contributed by atoms with Gasteiger partial charge >= 0.3 is 0 Å². The van der Waals surface area contributed by atoms with Crippen LogP contribution in [0.15, 0.2) is 0 Å². The molecule has 1 aliphatic heterocycles. The molecule has 2 nitrogen and oxygen atoms in total. The second-order valence-electron chi connectivity index (χ2n) is 6.05. The first-order valence-electron chi connectivity index (χ1n) is 7.78. The number of nitrogens with one attached hydrogen (secondary N) is 1. The van der Waals surface area contributed by atoms with Crippen molar-refractivity contribution in [1.82, 2.24) is 10.2 Å². The van der Waals surface area contributed by atoms with Gasteiger partial charge in [0, 0.05) is 12.1 Å². The molecule has 1 N–H and O–H groups in total. The van der Waals surface area contributed by atoms with Crippen LogP contribution in [0, 0.1) is 5.92 Å². The Morgan fingerprint density at radius 1 is 1.06 bits per heavy atom. The first-order valence-corrected chi connectivity index (χ1v) is 7.78. The van der Waals surface area contributed by atoms with Gasteiger partial charge in [0.25, 0.3) is 0 Å². The van der Waals surface area contributed by atoms with E-state index in [0.29, 0.717) is 6.04 Å². The molecule has 1 heterocycles. The zero-order valence-electron chi connectivity index (χ0n) is 11.8. The average molecular weight is 238 g/mol. The first kappa shape index (κ1) is 13.4. The van der Waals surface area contributed by atoms with E-state index in [0.717, 1.165) is 12.0 Å². The summed E-state index contributed by atoms with van der Waals surface area (Å²) in [5, 5.41) is 3.61. The minimum atomic E-state index is 0.710. The predicted octanol–water partition coefficient (Wildman–Crippen LogP) is 3.03. The van der Waals surface area contributed by atoms with Crippen LogP contribution in [0.3, 0.4) is 0 Å². The van der Waals surface area contributed by atoms with Crippen LogP contribution in [0.2, 0.25) is 0 Å². The van der Waals surface area contributed by atoms with E-state index in [1.807, 2.05) is 0 Å². The van der Waals surface area contributed by atoms with Gasteiger partial charge in [-0.2, -0.15) is 0 Å². The Morgan fingerprint density at radius 2 is 1.88 bits per heavy atom. The van der Waals surface area contributed by atoms with Gasteiger partial charge in [-0.25, -0.2) is 0 Å². The summed E-state index contributed by atoms with van der Waals surface area (Å²) in [7, 11) is 0. The normalized spacial score (nSPS) is 37.4. The van der Waals surface area contributed by atoms with E-state index in [-0.39, 0.29) is 0 Å². The quantitative estimate of drug-likeness (QED) is 0.795. The number of hydrogen-bond donors (Lipinski definition) is 1. The van der Waals surface area contributed by atoms with Gasteiger partial charge in [0.1, 0.15) is 0 Å². The largest absolute Gasteiger partial charge is 0.314 e. The molecular weight excluding hydrogens is 208 g/mol. The molecule has 1 aliphatic carbocycles. The van der Waals surface area contributed by atoms with Gasteiger partial charge in [-0.3, -0.25) is 0 Å². The maximum Gasteiger partial charge on any atom is 0.0123 e. The first-order chi connectivity index (χ1) is 8.31. The Hall–Kier alpha value is -0.0800. The van der Waals surface area contributed by atoms with Crippen molar-refractivity contribution in [2.45, 2.75) is 70.9 Å². The lowest BCUT2D eigenvalue weighted by Crippen LogP contribution is -2.47. The van der Waals surface area contributed by atoms with Crippen molar-refractivity contribution in [3.05, 3.63) is 0 Å². The van der Waals surface area contributed by atoms with Crippen LogP contribution in [0.4, 0.5) is 0 Å². The minimum Gasteiger partial charge on any atom is -0.314 e. The third-order valence-electron chi connectivity index (χ3n) is 4.83. The smallest absolute Gasteiger partial charge is 0.0123 e. The zero-order chi connectivity index (χ0) is 12.1. The Balaban J connectivity index is 1.92. The van der Waals surface area contributed by atoms with Gasteiger partial charge in [-0.15, -0.1) is 0 Å². The molecule has 0 spiro atoms. The third-order valence-corrected chi connectivity index (χ3v) is 4.83. The van der Waals surface area contributed by atoms with Crippen LogP contribution in [0.5, 0.6) is 0 Å². The lowest BCUT2D eigenvalue weighted by molar-refractivity contribution is 0.0902. The molecule has 0 bridgehead atoms. The highest BCUT2D eigenvalue weighted by Gasteiger charge is 2.29. The van der Waals surface area contributed by atoms with E-state index in [1.165, 1.54) is 64.6 Å². The SMILES string of the molecule is CCC1CCCCC1N1CCCNC(C)CC1. The molecule has 3 unspecified atom stereocenters. The Labute approximate surface area is 107 Å². The highest BCUT2D eigenvalue weighted by molar-refractivity contribution is 4.84. The van der Waals surface area contributed by atoms with E-state index < -0.39 is 0 Å². The van der Waals surface area contributed by atoms with Crippen LogP contribution in [0.25, 0.3) is 0 Å². The molecule has 0 aromatic rings. The van der Waals surface area contributed by atoms with Gasteiger partial charge in [0.15, 0.2) is 0 Å². The predicted molar refractivity (Wildman–Crippen MR) is 74.3 cm³/mol. The van der Waals surface area contributed by atoms with Gasteiger partial charge in [0.05, 0.1) is 0 Å². The molecule has 0 amide bonds. The molecule has 2 fully saturated rings. The summed E-state index contributed by atoms with van der Waals surface area (Å²) < 4.78 is 0. The molecule has 1 saturated carbocycles. The summed E-state index contributed by atoms with van der Waals surface area (Å²) in [6.45, 7) is 8.57. The highest BCUT2D eigenvalue weighted by Crippen LogP contribution is 2.31. The Kier molecular flexibility index (Phi) is 5.30. The average Bonchev–Trinajstić information content (AvgIpc) is 2.35. The van der Waals surface area contributed by atoms with E-state index >= 15 is 0 Å². The molecule has 1 saturated heterocycles. The Bertz CT molecular complexity index is 217. The molecule has 17 heavy (non-hydrogen) atoms. The lowest BCUT2D eigenvalue weighted by Gasteiger charge is -2.41. The molecule has 2 aliphatic rings. The highest BCUT2D eigenvalue weighted by atomic mass is 15.2. The molecule has 3 atom stereocenters. The van der Waals surface area contributed by atoms with Gasteiger partial charge in [0.2, 0.25) is 0 Å². The monoisotopic (exact) mass is 238 g/mol. The maximum absolute atomic E-state index is 3.61. The van der Waals surface area contributed by atoms with E-state index in [1.54, 1.807) is 0 Å². The zero-order valence-corrected chi connectivity index (χ0v) is 11.8. The molecule has 2 heteroatoms. The fourth-order valence-corrected chi connectivity index (χ4v) is 3.68. The fraction of sp³-hybridized carbons (Fsp3) is 1.00. The molecule has 0 aromatic carbocycles. The van der Waals surface area contributed by atoms with Crippen molar-refractivity contribution in [3.63, 3.8) is 0 Å². The third kappa shape index (κ3) is 3.69. The second kappa shape index (κ2) is 6.75. The van der Waals surface area contributed by atoms with Crippen LogP contribution in [-0.2, 0) is 0 Å². The fourth-order valence-electron chi connectivity index (χ4n) is 3.68. The second-order valence-corrected chi connectivity index (χ2v) is 6.05. The molecule has 100 valence electrons. The van der Waals surface area contributed by atoms with E-state index in [2.05, 4.69) is 24.1 Å². The Morgan fingerprint density at radius 3 is 2.71 bits per heavy atom. The number of hydrogen-bond acceptors (Lipinski definition) is 2. The van der Waals surface area contributed by atoms with Crippen LogP contribution < -0.4 is 5.32 Å². The minimum absolute atomic E-state index is 0.710. The standard InChI is InChI=1S/C15H30N2/c1-3-14-7-4-5-8-15(14)17-11-6-10-16-13(2)9-12-17/h13-16H,3-12H2,1-2H3. The summed E-state index contributed by atoms with van der Waals surface area (Å²) >= 11 is 0.